The van der Waals surface area contributed by atoms with E-state index in [2.05, 4.69) is 45.5 Å². The Kier molecular flexibility index (Phi) is 8.15. The van der Waals surface area contributed by atoms with Crippen molar-refractivity contribution in [3.63, 3.8) is 0 Å². The summed E-state index contributed by atoms with van der Waals surface area (Å²) in [7, 11) is 0. The van der Waals surface area contributed by atoms with Gasteiger partial charge in [-0.05, 0) is 67.3 Å². The Morgan fingerprint density at radius 2 is 1.24 bits per heavy atom. The second-order valence-electron chi connectivity index (χ2n) is 9.84. The van der Waals surface area contributed by atoms with Crippen LogP contribution in [-0.4, -0.2) is 43.5 Å². The van der Waals surface area contributed by atoms with Gasteiger partial charge in [0.2, 0.25) is 0 Å². The maximum Gasteiger partial charge on any atom is 0.411 e. The van der Waals surface area contributed by atoms with Gasteiger partial charge < -0.3 is 25.4 Å². The molecule has 0 bridgehead atoms. The van der Waals surface area contributed by atoms with Crippen molar-refractivity contribution >= 4 is 29.6 Å². The minimum absolute atomic E-state index is 0.0161. The summed E-state index contributed by atoms with van der Waals surface area (Å²) in [6.45, 7) is 6.00. The SMILES string of the molecule is CC(C)(C)OC(=O)NCCNC(=O)Nc1ccc(NC(=O)OCC2c3ccccc3-c3ccccc32)cc1. The molecule has 0 saturated carbocycles. The number of anilines is 2. The molecule has 0 saturated heterocycles. The third-order valence-corrected chi connectivity index (χ3v) is 5.81. The third kappa shape index (κ3) is 7.03. The van der Waals surface area contributed by atoms with Crippen LogP contribution in [0.1, 0.15) is 37.8 Å². The Morgan fingerprint density at radius 1 is 0.711 bits per heavy atom. The fraction of sp³-hybridized carbons (Fsp3) is 0.276. The number of benzene rings is 3. The molecule has 0 heterocycles. The summed E-state index contributed by atoms with van der Waals surface area (Å²) in [6, 6.07) is 22.6. The van der Waals surface area contributed by atoms with E-state index in [0.717, 1.165) is 11.1 Å². The predicted octanol–water partition coefficient (Wildman–Crippen LogP) is 5.69. The molecule has 4 rings (SSSR count). The van der Waals surface area contributed by atoms with E-state index in [1.165, 1.54) is 11.1 Å². The quantitative estimate of drug-likeness (QED) is 0.301. The lowest BCUT2D eigenvalue weighted by Gasteiger charge is -2.19. The van der Waals surface area contributed by atoms with E-state index >= 15 is 0 Å². The van der Waals surface area contributed by atoms with Crippen molar-refractivity contribution in [1.29, 1.82) is 0 Å². The molecule has 4 N–H and O–H groups in total. The number of hydrogen-bond acceptors (Lipinski definition) is 5. The van der Waals surface area contributed by atoms with Crippen LogP contribution in [0.2, 0.25) is 0 Å². The van der Waals surface area contributed by atoms with Crippen molar-refractivity contribution < 1.29 is 23.9 Å². The summed E-state index contributed by atoms with van der Waals surface area (Å²) in [5.41, 5.74) is 5.13. The molecular weight excluding hydrogens is 484 g/mol. The molecule has 1 aliphatic rings. The minimum Gasteiger partial charge on any atom is -0.448 e. The highest BCUT2D eigenvalue weighted by molar-refractivity contribution is 5.90. The van der Waals surface area contributed by atoms with Crippen LogP contribution in [0.4, 0.5) is 25.8 Å². The Hall–Kier alpha value is -4.53. The van der Waals surface area contributed by atoms with Gasteiger partial charge >= 0.3 is 18.2 Å². The number of carbonyl (C=O) groups is 3. The number of nitrogens with one attached hydrogen (secondary N) is 4. The maximum atomic E-state index is 12.5. The van der Waals surface area contributed by atoms with Crippen LogP contribution in [0.5, 0.6) is 0 Å². The second kappa shape index (κ2) is 11.7. The van der Waals surface area contributed by atoms with E-state index in [1.54, 1.807) is 45.0 Å². The van der Waals surface area contributed by atoms with Gasteiger partial charge in [-0.3, -0.25) is 5.32 Å². The predicted molar refractivity (Wildman–Crippen MR) is 146 cm³/mol. The molecule has 0 aliphatic heterocycles. The number of alkyl carbamates (subject to hydrolysis) is 1. The van der Waals surface area contributed by atoms with Crippen molar-refractivity contribution in [1.82, 2.24) is 10.6 Å². The van der Waals surface area contributed by atoms with Crippen LogP contribution in [0.25, 0.3) is 11.1 Å². The van der Waals surface area contributed by atoms with Gasteiger partial charge in [0.05, 0.1) is 0 Å². The highest BCUT2D eigenvalue weighted by Crippen LogP contribution is 2.44. The van der Waals surface area contributed by atoms with E-state index < -0.39 is 23.8 Å². The van der Waals surface area contributed by atoms with Crippen molar-refractivity contribution in [3.05, 3.63) is 83.9 Å². The first-order valence-corrected chi connectivity index (χ1v) is 12.4. The van der Waals surface area contributed by atoms with Gasteiger partial charge in [0, 0.05) is 30.4 Å². The molecule has 4 amide bonds. The number of hydrogen-bond donors (Lipinski definition) is 4. The molecule has 3 aromatic rings. The summed E-state index contributed by atoms with van der Waals surface area (Å²) < 4.78 is 10.7. The van der Waals surface area contributed by atoms with Crippen LogP contribution < -0.4 is 21.3 Å². The zero-order valence-corrected chi connectivity index (χ0v) is 21.7. The summed E-state index contributed by atoms with van der Waals surface area (Å²) >= 11 is 0. The monoisotopic (exact) mass is 516 g/mol. The van der Waals surface area contributed by atoms with Gasteiger partial charge in [0.25, 0.3) is 0 Å². The van der Waals surface area contributed by atoms with Crippen molar-refractivity contribution in [3.8, 4) is 11.1 Å². The second-order valence-corrected chi connectivity index (χ2v) is 9.84. The van der Waals surface area contributed by atoms with Crippen LogP contribution in [0.15, 0.2) is 72.8 Å². The lowest BCUT2D eigenvalue weighted by Crippen LogP contribution is -2.39. The largest absolute Gasteiger partial charge is 0.448 e. The van der Waals surface area contributed by atoms with Gasteiger partial charge in [-0.15, -0.1) is 0 Å². The summed E-state index contributed by atoms with van der Waals surface area (Å²) in [4.78, 5) is 36.2. The topological polar surface area (TPSA) is 118 Å². The van der Waals surface area contributed by atoms with Gasteiger partial charge in [0.1, 0.15) is 12.2 Å². The van der Waals surface area contributed by atoms with Crippen molar-refractivity contribution in [2.75, 3.05) is 30.3 Å². The smallest absolute Gasteiger partial charge is 0.411 e. The lowest BCUT2D eigenvalue weighted by atomic mass is 9.98. The number of urea groups is 1. The van der Waals surface area contributed by atoms with Crippen molar-refractivity contribution in [2.24, 2.45) is 0 Å². The van der Waals surface area contributed by atoms with Gasteiger partial charge in [-0.2, -0.15) is 0 Å². The number of amides is 4. The Labute approximate surface area is 221 Å². The molecule has 0 atom stereocenters. The Bertz CT molecular complexity index is 1260. The zero-order valence-electron chi connectivity index (χ0n) is 21.7. The first-order valence-electron chi connectivity index (χ1n) is 12.4. The molecule has 3 aromatic carbocycles. The summed E-state index contributed by atoms with van der Waals surface area (Å²) in [5.74, 6) is -0.0161. The fourth-order valence-corrected chi connectivity index (χ4v) is 4.22. The standard InChI is InChI=1S/C29H32N4O5/c1-29(2,3)38-27(35)31-17-16-30-26(34)32-19-12-14-20(15-13-19)33-28(36)37-18-25-23-10-6-4-8-21(23)22-9-5-7-11-24(22)25/h4-15,25H,16-18H2,1-3H3,(H,31,35)(H,33,36)(H2,30,32,34). The average Bonchev–Trinajstić information content (AvgIpc) is 3.19. The molecule has 0 unspecified atom stereocenters. The molecule has 9 heteroatoms. The molecule has 0 fully saturated rings. The highest BCUT2D eigenvalue weighted by atomic mass is 16.6. The number of fused-ring (bicyclic) bond motifs is 3. The van der Waals surface area contributed by atoms with E-state index in [0.29, 0.717) is 11.4 Å². The highest BCUT2D eigenvalue weighted by Gasteiger charge is 2.29. The third-order valence-electron chi connectivity index (χ3n) is 5.81. The Morgan fingerprint density at radius 3 is 1.82 bits per heavy atom. The van der Waals surface area contributed by atoms with Crippen LogP contribution in [0.3, 0.4) is 0 Å². The van der Waals surface area contributed by atoms with Crippen molar-refractivity contribution in [2.45, 2.75) is 32.3 Å². The van der Waals surface area contributed by atoms with Crippen LogP contribution in [0, 0.1) is 0 Å². The lowest BCUT2D eigenvalue weighted by molar-refractivity contribution is 0.0528. The molecular formula is C29H32N4O5. The first-order chi connectivity index (χ1) is 18.2. The Balaban J connectivity index is 1.20. The minimum atomic E-state index is -0.582. The molecule has 0 radical (unpaired) electrons. The van der Waals surface area contributed by atoms with E-state index in [1.807, 2.05) is 24.3 Å². The van der Waals surface area contributed by atoms with Crippen LogP contribution in [-0.2, 0) is 9.47 Å². The van der Waals surface area contributed by atoms with Crippen LogP contribution >= 0.6 is 0 Å². The zero-order chi connectivity index (χ0) is 27.1. The molecule has 9 nitrogen and oxygen atoms in total. The average molecular weight is 517 g/mol. The van der Waals surface area contributed by atoms with E-state index in [-0.39, 0.29) is 25.6 Å². The first kappa shape index (κ1) is 26.5. The van der Waals surface area contributed by atoms with E-state index in [9.17, 15) is 14.4 Å². The fourth-order valence-electron chi connectivity index (χ4n) is 4.22. The van der Waals surface area contributed by atoms with Gasteiger partial charge in [-0.1, -0.05) is 48.5 Å². The summed E-state index contributed by atoms with van der Waals surface area (Å²) in [6.07, 6.45) is -1.10. The number of carbonyl (C=O) groups excluding carboxylic acids is 3. The summed E-state index contributed by atoms with van der Waals surface area (Å²) in [5, 5.41) is 10.6. The number of ether oxygens (including phenoxy) is 2. The molecule has 198 valence electrons. The molecule has 1 aliphatic carbocycles. The normalized spacial score (nSPS) is 12.1. The molecule has 0 aromatic heterocycles. The molecule has 38 heavy (non-hydrogen) atoms. The molecule has 0 spiro atoms. The number of rotatable bonds is 7. The van der Waals surface area contributed by atoms with Gasteiger partial charge in [0.15, 0.2) is 0 Å². The van der Waals surface area contributed by atoms with E-state index in [4.69, 9.17) is 9.47 Å². The van der Waals surface area contributed by atoms with Gasteiger partial charge in [-0.25, -0.2) is 14.4 Å². The maximum absolute atomic E-state index is 12.5.